The van der Waals surface area contributed by atoms with Gasteiger partial charge >= 0.3 is 0 Å². The van der Waals surface area contributed by atoms with Crippen LogP contribution in [-0.4, -0.2) is 40.7 Å². The molecular weight excluding hydrogens is 390 g/mol. The number of sulfone groups is 1. The lowest BCUT2D eigenvalue weighted by molar-refractivity contribution is 0.142. The molecule has 1 heterocycles. The van der Waals surface area contributed by atoms with Crippen LogP contribution in [0.15, 0.2) is 47.4 Å². The molecule has 1 fully saturated rings. The number of fused-ring (bicyclic) bond motifs is 1. The lowest BCUT2D eigenvalue weighted by atomic mass is 9.99. The number of methoxy groups -OCH3 is 1. The molecular formula is C19H20ClNO5S. The maximum Gasteiger partial charge on any atom is 0.231 e. The van der Waals surface area contributed by atoms with Crippen molar-refractivity contribution in [2.75, 3.05) is 27.1 Å². The average Bonchev–Trinajstić information content (AvgIpc) is 3.10. The Bertz CT molecular complexity index is 963. The van der Waals surface area contributed by atoms with Crippen LogP contribution < -0.4 is 15.2 Å². The Morgan fingerprint density at radius 2 is 1.89 bits per heavy atom. The predicted octanol–water partition coefficient (Wildman–Crippen LogP) is 2.60. The van der Waals surface area contributed by atoms with Crippen LogP contribution in [0.5, 0.6) is 11.5 Å². The van der Waals surface area contributed by atoms with E-state index in [1.54, 1.807) is 25.3 Å². The number of ether oxygens (including phenoxy) is 3. The first-order valence-electron chi connectivity index (χ1n) is 8.52. The summed E-state index contributed by atoms with van der Waals surface area (Å²) in [5, 5.41) is -0.199. The maximum atomic E-state index is 13.4. The summed E-state index contributed by atoms with van der Waals surface area (Å²) in [4.78, 5) is 0.231. The molecule has 0 spiro atoms. The highest BCUT2D eigenvalue weighted by Crippen LogP contribution is 2.64. The molecule has 0 amide bonds. The Hall–Kier alpha value is -1.80. The highest BCUT2D eigenvalue weighted by atomic mass is 35.5. The van der Waals surface area contributed by atoms with Crippen molar-refractivity contribution in [2.24, 2.45) is 11.1 Å². The molecule has 0 bridgehead atoms. The summed E-state index contributed by atoms with van der Waals surface area (Å²) < 4.78 is 42.9. The van der Waals surface area contributed by atoms with Crippen LogP contribution in [0.2, 0.25) is 5.02 Å². The fourth-order valence-corrected chi connectivity index (χ4v) is 6.64. The van der Waals surface area contributed by atoms with Gasteiger partial charge in [-0.25, -0.2) is 8.42 Å². The Morgan fingerprint density at radius 1 is 1.19 bits per heavy atom. The maximum absolute atomic E-state index is 13.4. The molecule has 3 unspecified atom stereocenters. The van der Waals surface area contributed by atoms with Crippen molar-refractivity contribution in [1.82, 2.24) is 0 Å². The minimum Gasteiger partial charge on any atom is -0.454 e. The van der Waals surface area contributed by atoms with E-state index in [0.29, 0.717) is 16.5 Å². The molecule has 0 aromatic heterocycles. The van der Waals surface area contributed by atoms with E-state index in [1.165, 1.54) is 12.1 Å². The molecule has 1 aliphatic heterocycles. The highest BCUT2D eigenvalue weighted by Gasteiger charge is 2.70. The molecule has 8 heteroatoms. The minimum atomic E-state index is -3.63. The molecule has 2 N–H and O–H groups in total. The molecule has 6 nitrogen and oxygen atoms in total. The van der Waals surface area contributed by atoms with Gasteiger partial charge in [-0.05, 0) is 42.0 Å². The zero-order valence-corrected chi connectivity index (χ0v) is 16.3. The number of benzene rings is 2. The van der Waals surface area contributed by atoms with Crippen molar-refractivity contribution in [3.8, 4) is 11.5 Å². The van der Waals surface area contributed by atoms with Gasteiger partial charge in [0.1, 0.15) is 0 Å². The van der Waals surface area contributed by atoms with Crippen molar-refractivity contribution < 1.29 is 22.6 Å². The van der Waals surface area contributed by atoms with Gasteiger partial charge in [-0.3, -0.25) is 0 Å². The second kappa shape index (κ2) is 6.67. The average molecular weight is 410 g/mol. The summed E-state index contributed by atoms with van der Waals surface area (Å²) in [6.07, 6.45) is 0. The van der Waals surface area contributed by atoms with Gasteiger partial charge in [0.2, 0.25) is 6.79 Å². The van der Waals surface area contributed by atoms with Gasteiger partial charge in [0.25, 0.3) is 0 Å². The van der Waals surface area contributed by atoms with E-state index in [1.807, 2.05) is 12.1 Å². The van der Waals surface area contributed by atoms with Crippen LogP contribution in [0.3, 0.4) is 0 Å². The molecule has 1 aliphatic carbocycles. The summed E-state index contributed by atoms with van der Waals surface area (Å²) >= 11 is 5.91. The number of hydrogen-bond donors (Lipinski definition) is 1. The second-order valence-corrected chi connectivity index (χ2v) is 9.39. The Morgan fingerprint density at radius 3 is 2.56 bits per heavy atom. The molecule has 2 aromatic rings. The molecule has 0 saturated heterocycles. The largest absolute Gasteiger partial charge is 0.454 e. The highest BCUT2D eigenvalue weighted by molar-refractivity contribution is 7.92. The number of nitrogens with two attached hydrogens (primary N) is 1. The predicted molar refractivity (Wildman–Crippen MR) is 101 cm³/mol. The van der Waals surface area contributed by atoms with Crippen LogP contribution in [-0.2, 0) is 14.6 Å². The first-order valence-corrected chi connectivity index (χ1v) is 10.4. The monoisotopic (exact) mass is 409 g/mol. The van der Waals surface area contributed by atoms with E-state index in [0.717, 1.165) is 5.56 Å². The molecule has 3 atom stereocenters. The zero-order valence-electron chi connectivity index (χ0n) is 14.7. The molecule has 4 rings (SSSR count). The summed E-state index contributed by atoms with van der Waals surface area (Å²) in [6.45, 7) is 0.605. The van der Waals surface area contributed by atoms with E-state index in [9.17, 15) is 8.42 Å². The van der Waals surface area contributed by atoms with Crippen molar-refractivity contribution in [3.05, 3.63) is 53.1 Å². The molecule has 27 heavy (non-hydrogen) atoms. The number of halogens is 1. The van der Waals surface area contributed by atoms with Crippen molar-refractivity contribution >= 4 is 21.4 Å². The summed E-state index contributed by atoms with van der Waals surface area (Å²) in [5.41, 5.74) is 6.22. The standard InChI is InChI=1S/C19H20ClNO5S/c1-24-10-19(9-21)17(12-2-7-15-16(8-12)26-11-25-15)18(19)27(22,23)14-5-3-13(20)4-6-14/h2-8,17-18H,9-11,21H2,1H3. The number of hydrogen-bond acceptors (Lipinski definition) is 6. The Balaban J connectivity index is 1.76. The first-order chi connectivity index (χ1) is 12.9. The SMILES string of the molecule is COCC1(CN)C(c2ccc3c(c2)OCO3)C1S(=O)(=O)c1ccc(Cl)cc1. The van der Waals surface area contributed by atoms with Crippen LogP contribution in [0.4, 0.5) is 0 Å². The van der Waals surface area contributed by atoms with Crippen LogP contribution >= 0.6 is 11.6 Å². The number of rotatable bonds is 6. The fraction of sp³-hybridized carbons (Fsp3) is 0.368. The normalized spacial score (nSPS) is 26.2. The van der Waals surface area contributed by atoms with Crippen molar-refractivity contribution in [3.63, 3.8) is 0 Å². The Labute approximate surface area is 163 Å². The molecule has 2 aliphatic rings. The van der Waals surface area contributed by atoms with Crippen molar-refractivity contribution in [2.45, 2.75) is 16.1 Å². The van der Waals surface area contributed by atoms with E-state index in [-0.39, 0.29) is 30.8 Å². The Kier molecular flexibility index (Phi) is 4.58. The molecule has 1 saturated carbocycles. The van der Waals surface area contributed by atoms with Gasteiger partial charge < -0.3 is 19.9 Å². The quantitative estimate of drug-likeness (QED) is 0.789. The van der Waals surface area contributed by atoms with Gasteiger partial charge in [-0.15, -0.1) is 0 Å². The molecule has 2 aromatic carbocycles. The lowest BCUT2D eigenvalue weighted by Crippen LogP contribution is -2.28. The smallest absolute Gasteiger partial charge is 0.231 e. The van der Waals surface area contributed by atoms with E-state index in [2.05, 4.69) is 0 Å². The minimum absolute atomic E-state index is 0.163. The van der Waals surface area contributed by atoms with Crippen LogP contribution in [0.1, 0.15) is 11.5 Å². The summed E-state index contributed by atoms with van der Waals surface area (Å²) in [7, 11) is -2.07. The lowest BCUT2D eigenvalue weighted by Gasteiger charge is -2.15. The van der Waals surface area contributed by atoms with E-state index < -0.39 is 20.5 Å². The summed E-state index contributed by atoms with van der Waals surface area (Å²) in [6, 6.07) is 11.7. The van der Waals surface area contributed by atoms with Gasteiger partial charge in [0.05, 0.1) is 16.8 Å². The van der Waals surface area contributed by atoms with Crippen LogP contribution in [0, 0.1) is 5.41 Å². The van der Waals surface area contributed by atoms with E-state index >= 15 is 0 Å². The molecule has 144 valence electrons. The fourth-order valence-electron chi connectivity index (χ4n) is 4.07. The van der Waals surface area contributed by atoms with Gasteiger partial charge in [-0.2, -0.15) is 0 Å². The van der Waals surface area contributed by atoms with Gasteiger partial charge in [-0.1, -0.05) is 17.7 Å². The third-order valence-electron chi connectivity index (χ3n) is 5.40. The second-order valence-electron chi connectivity index (χ2n) is 6.88. The third-order valence-corrected chi connectivity index (χ3v) is 8.00. The van der Waals surface area contributed by atoms with Crippen molar-refractivity contribution in [1.29, 1.82) is 0 Å². The topological polar surface area (TPSA) is 87.8 Å². The van der Waals surface area contributed by atoms with Crippen LogP contribution in [0.25, 0.3) is 0 Å². The first kappa shape index (κ1) is 18.6. The summed E-state index contributed by atoms with van der Waals surface area (Å²) in [5.74, 6) is 0.976. The third kappa shape index (κ3) is 2.89. The van der Waals surface area contributed by atoms with Gasteiger partial charge in [0.15, 0.2) is 21.3 Å². The zero-order chi connectivity index (χ0) is 19.2. The van der Waals surface area contributed by atoms with Gasteiger partial charge in [0, 0.05) is 30.0 Å². The molecule has 0 radical (unpaired) electrons. The van der Waals surface area contributed by atoms with E-state index in [4.69, 9.17) is 31.5 Å².